The predicted molar refractivity (Wildman–Crippen MR) is 108 cm³/mol. The van der Waals surface area contributed by atoms with Crippen molar-refractivity contribution in [2.24, 2.45) is 5.92 Å². The summed E-state index contributed by atoms with van der Waals surface area (Å²) in [7, 11) is 0. The van der Waals surface area contributed by atoms with E-state index >= 15 is 0 Å². The van der Waals surface area contributed by atoms with Crippen LogP contribution in [0.4, 0.5) is 0 Å². The van der Waals surface area contributed by atoms with Gasteiger partial charge in [-0.05, 0) is 36.1 Å². The molecule has 2 atom stereocenters. The predicted octanol–water partition coefficient (Wildman–Crippen LogP) is 3.64. The van der Waals surface area contributed by atoms with E-state index in [1.807, 2.05) is 42.5 Å². The lowest BCUT2D eigenvalue weighted by Crippen LogP contribution is -2.33. The van der Waals surface area contributed by atoms with Crippen molar-refractivity contribution >= 4 is 22.8 Å². The van der Waals surface area contributed by atoms with E-state index in [-0.39, 0.29) is 30.3 Å². The van der Waals surface area contributed by atoms with Gasteiger partial charge in [0.05, 0.1) is 29.5 Å². The molecule has 3 N–H and O–H groups in total. The highest BCUT2D eigenvalue weighted by molar-refractivity contribution is 5.99. The second kappa shape index (κ2) is 7.46. The Morgan fingerprint density at radius 2 is 1.89 bits per heavy atom. The van der Waals surface area contributed by atoms with Crippen molar-refractivity contribution in [3.63, 3.8) is 0 Å². The van der Waals surface area contributed by atoms with Crippen LogP contribution in [-0.4, -0.2) is 21.8 Å². The summed E-state index contributed by atoms with van der Waals surface area (Å²) < 4.78 is 0. The third kappa shape index (κ3) is 3.63. The van der Waals surface area contributed by atoms with Gasteiger partial charge in [0, 0.05) is 5.56 Å². The number of carbonyl (C=O) groups is 2. The molecule has 2 amide bonds. The molecule has 6 nitrogen and oxygen atoms in total. The first-order valence-electron chi connectivity index (χ1n) is 9.65. The van der Waals surface area contributed by atoms with Gasteiger partial charge < -0.3 is 15.6 Å². The quantitative estimate of drug-likeness (QED) is 0.614. The maximum absolute atomic E-state index is 12.8. The summed E-state index contributed by atoms with van der Waals surface area (Å²) in [6, 6.07) is 14.8. The van der Waals surface area contributed by atoms with Crippen LogP contribution in [0.3, 0.4) is 0 Å². The molecule has 0 saturated carbocycles. The van der Waals surface area contributed by atoms with Gasteiger partial charge in [-0.25, -0.2) is 4.98 Å². The highest BCUT2D eigenvalue weighted by Crippen LogP contribution is 2.28. The highest BCUT2D eigenvalue weighted by atomic mass is 16.2. The minimum Gasteiger partial charge on any atom is -0.346 e. The molecule has 2 heterocycles. The van der Waals surface area contributed by atoms with E-state index in [2.05, 4.69) is 34.4 Å². The Bertz CT molecular complexity index is 991. The van der Waals surface area contributed by atoms with Crippen molar-refractivity contribution in [3.05, 3.63) is 65.5 Å². The number of nitrogens with one attached hydrogen (secondary N) is 3. The van der Waals surface area contributed by atoms with Crippen LogP contribution in [0.2, 0.25) is 0 Å². The van der Waals surface area contributed by atoms with E-state index in [0.29, 0.717) is 11.5 Å². The fourth-order valence-corrected chi connectivity index (χ4v) is 3.77. The lowest BCUT2D eigenvalue weighted by atomic mass is 10.0. The SMILES string of the molecule is CC(C)C[C@@H](NC(=O)C[C@@H]1NC(=O)c2ccccc21)c1nc2ccccc2[nH]1. The Kier molecular flexibility index (Phi) is 4.86. The number of para-hydroxylation sites is 2. The van der Waals surface area contributed by atoms with Crippen molar-refractivity contribution in [3.8, 4) is 0 Å². The minimum atomic E-state index is -0.293. The number of rotatable bonds is 6. The van der Waals surface area contributed by atoms with Crippen molar-refractivity contribution in [1.29, 1.82) is 0 Å². The fourth-order valence-electron chi connectivity index (χ4n) is 3.77. The zero-order chi connectivity index (χ0) is 19.7. The lowest BCUT2D eigenvalue weighted by Gasteiger charge is -2.20. The van der Waals surface area contributed by atoms with Gasteiger partial charge in [-0.15, -0.1) is 0 Å². The summed E-state index contributed by atoms with van der Waals surface area (Å²) in [6.07, 6.45) is 0.983. The van der Waals surface area contributed by atoms with Crippen LogP contribution in [0.1, 0.15) is 60.5 Å². The largest absolute Gasteiger partial charge is 0.346 e. The van der Waals surface area contributed by atoms with E-state index in [0.717, 1.165) is 28.8 Å². The van der Waals surface area contributed by atoms with Crippen LogP contribution in [0, 0.1) is 5.92 Å². The van der Waals surface area contributed by atoms with Crippen LogP contribution < -0.4 is 10.6 Å². The Labute approximate surface area is 163 Å². The van der Waals surface area contributed by atoms with Gasteiger partial charge in [-0.2, -0.15) is 0 Å². The number of fused-ring (bicyclic) bond motifs is 2. The van der Waals surface area contributed by atoms with E-state index in [9.17, 15) is 9.59 Å². The number of benzene rings is 2. The second-order valence-electron chi connectivity index (χ2n) is 7.71. The van der Waals surface area contributed by atoms with Crippen molar-refractivity contribution in [1.82, 2.24) is 20.6 Å². The number of aromatic nitrogens is 2. The van der Waals surface area contributed by atoms with Crippen molar-refractivity contribution in [2.45, 2.75) is 38.8 Å². The molecule has 0 bridgehead atoms. The molecule has 6 heteroatoms. The lowest BCUT2D eigenvalue weighted by molar-refractivity contribution is -0.122. The summed E-state index contributed by atoms with van der Waals surface area (Å²) in [5, 5.41) is 6.02. The first-order valence-corrected chi connectivity index (χ1v) is 9.65. The summed E-state index contributed by atoms with van der Waals surface area (Å²) in [4.78, 5) is 32.9. The smallest absolute Gasteiger partial charge is 0.252 e. The number of nitrogens with zero attached hydrogens (tertiary/aromatic N) is 1. The molecule has 144 valence electrons. The molecule has 3 aromatic rings. The molecule has 0 spiro atoms. The van der Waals surface area contributed by atoms with Crippen molar-refractivity contribution < 1.29 is 9.59 Å². The van der Waals surface area contributed by atoms with Gasteiger partial charge in [0.1, 0.15) is 5.82 Å². The van der Waals surface area contributed by atoms with E-state index in [1.165, 1.54) is 0 Å². The molecule has 0 saturated heterocycles. The molecule has 2 aromatic carbocycles. The first-order chi connectivity index (χ1) is 13.5. The topological polar surface area (TPSA) is 86.9 Å². The Morgan fingerprint density at radius 3 is 2.68 bits per heavy atom. The number of imidazole rings is 1. The Morgan fingerprint density at radius 1 is 1.14 bits per heavy atom. The maximum Gasteiger partial charge on any atom is 0.252 e. The Hall–Kier alpha value is -3.15. The highest BCUT2D eigenvalue weighted by Gasteiger charge is 2.30. The number of hydrogen-bond donors (Lipinski definition) is 3. The van der Waals surface area contributed by atoms with E-state index in [4.69, 9.17) is 0 Å². The maximum atomic E-state index is 12.8. The number of aromatic amines is 1. The van der Waals surface area contributed by atoms with Gasteiger partial charge in [-0.3, -0.25) is 9.59 Å². The molecule has 0 radical (unpaired) electrons. The van der Waals surface area contributed by atoms with Crippen LogP contribution >= 0.6 is 0 Å². The minimum absolute atomic E-state index is 0.104. The zero-order valence-electron chi connectivity index (χ0n) is 16.0. The molecule has 1 aliphatic rings. The van der Waals surface area contributed by atoms with E-state index < -0.39 is 0 Å². The number of carbonyl (C=O) groups excluding carboxylic acids is 2. The first kappa shape index (κ1) is 18.2. The number of H-pyrrole nitrogens is 1. The zero-order valence-corrected chi connectivity index (χ0v) is 16.0. The van der Waals surface area contributed by atoms with Gasteiger partial charge in [0.15, 0.2) is 0 Å². The van der Waals surface area contributed by atoms with E-state index in [1.54, 1.807) is 6.07 Å². The summed E-state index contributed by atoms with van der Waals surface area (Å²) in [6.45, 7) is 4.24. The average Bonchev–Trinajstić information content (AvgIpc) is 3.23. The number of hydrogen-bond acceptors (Lipinski definition) is 3. The van der Waals surface area contributed by atoms with Crippen molar-refractivity contribution in [2.75, 3.05) is 0 Å². The molecule has 0 unspecified atom stereocenters. The summed E-state index contributed by atoms with van der Waals surface area (Å²) in [5.74, 6) is 0.932. The molecule has 0 fully saturated rings. The molecule has 28 heavy (non-hydrogen) atoms. The normalized spacial score (nSPS) is 16.8. The second-order valence-corrected chi connectivity index (χ2v) is 7.71. The third-order valence-electron chi connectivity index (χ3n) is 5.06. The van der Waals surface area contributed by atoms with Gasteiger partial charge in [-0.1, -0.05) is 44.2 Å². The number of amides is 2. The van der Waals surface area contributed by atoms with Crippen LogP contribution in [0.25, 0.3) is 11.0 Å². The molecule has 1 aliphatic heterocycles. The summed E-state index contributed by atoms with van der Waals surface area (Å²) in [5.41, 5.74) is 3.37. The fraction of sp³-hybridized carbons (Fsp3) is 0.318. The van der Waals surface area contributed by atoms with Gasteiger partial charge in [0.25, 0.3) is 5.91 Å². The van der Waals surface area contributed by atoms with Gasteiger partial charge in [0.2, 0.25) is 5.91 Å². The third-order valence-corrected chi connectivity index (χ3v) is 5.06. The molecule has 4 rings (SSSR count). The Balaban J connectivity index is 1.51. The molecular weight excluding hydrogens is 352 g/mol. The summed E-state index contributed by atoms with van der Waals surface area (Å²) >= 11 is 0. The average molecular weight is 376 g/mol. The van der Waals surface area contributed by atoms with Crippen LogP contribution in [0.5, 0.6) is 0 Å². The molecular formula is C22H24N4O2. The van der Waals surface area contributed by atoms with Gasteiger partial charge >= 0.3 is 0 Å². The molecule has 0 aliphatic carbocycles. The molecule has 1 aromatic heterocycles. The van der Waals surface area contributed by atoms with Crippen LogP contribution in [0.15, 0.2) is 48.5 Å². The monoisotopic (exact) mass is 376 g/mol. The van der Waals surface area contributed by atoms with Crippen LogP contribution in [-0.2, 0) is 4.79 Å². The standard InChI is InChI=1S/C22H24N4O2/c1-13(2)11-19(21-24-16-9-5-6-10-17(16)25-21)23-20(27)12-18-14-7-3-4-8-15(14)22(28)26-18/h3-10,13,18-19H,11-12H2,1-2H3,(H,23,27)(H,24,25)(H,26,28)/t18-,19+/m0/s1.